The molecular weight excluding hydrogens is 371 g/mol. The Kier molecular flexibility index (Phi) is 5.60. The molecule has 0 aliphatic carbocycles. The third-order valence-corrected chi connectivity index (χ3v) is 5.72. The van der Waals surface area contributed by atoms with E-state index in [0.717, 1.165) is 5.46 Å². The molecule has 0 saturated carbocycles. The Morgan fingerprint density at radius 1 is 1.14 bits per heavy atom. The summed E-state index contributed by atoms with van der Waals surface area (Å²) in [4.78, 5) is 25.3. The zero-order chi connectivity index (χ0) is 21.6. The van der Waals surface area contributed by atoms with Crippen molar-refractivity contribution in [2.75, 3.05) is 24.5 Å². The van der Waals surface area contributed by atoms with Crippen molar-refractivity contribution in [3.05, 3.63) is 12.4 Å². The van der Waals surface area contributed by atoms with Crippen molar-refractivity contribution in [3.8, 4) is 0 Å². The Balaban J connectivity index is 1.63. The fourth-order valence-electron chi connectivity index (χ4n) is 3.33. The molecule has 0 spiro atoms. The molecule has 1 aromatic heterocycles. The minimum atomic E-state index is -0.496. The van der Waals surface area contributed by atoms with Crippen LogP contribution in [0.3, 0.4) is 0 Å². The lowest BCUT2D eigenvalue weighted by Crippen LogP contribution is -2.55. The molecule has 0 radical (unpaired) electrons. The predicted molar refractivity (Wildman–Crippen MR) is 112 cm³/mol. The molecule has 1 atom stereocenters. The molecule has 0 aromatic carbocycles. The third-order valence-electron chi connectivity index (χ3n) is 5.72. The Hall–Kier alpha value is -1.87. The number of carbonyl (C=O) groups excluding carboxylic acids is 1. The zero-order valence-corrected chi connectivity index (χ0v) is 18.9. The average molecular weight is 404 g/mol. The molecule has 29 heavy (non-hydrogen) atoms. The quantitative estimate of drug-likeness (QED) is 0.700. The molecule has 9 heteroatoms. The van der Waals surface area contributed by atoms with Gasteiger partial charge in [-0.2, -0.15) is 0 Å². The molecule has 3 rings (SSSR count). The Labute approximate surface area is 174 Å². The highest BCUT2D eigenvalue weighted by Gasteiger charge is 2.52. The van der Waals surface area contributed by atoms with E-state index in [-0.39, 0.29) is 12.1 Å². The molecule has 3 heterocycles. The summed E-state index contributed by atoms with van der Waals surface area (Å²) in [5.41, 5.74) is -0.497. The molecule has 2 saturated heterocycles. The molecule has 0 bridgehead atoms. The first kappa shape index (κ1) is 21.8. The molecular formula is C20H33BN4O4. The van der Waals surface area contributed by atoms with E-state index in [1.807, 2.05) is 48.5 Å². The van der Waals surface area contributed by atoms with Crippen LogP contribution in [0.5, 0.6) is 0 Å². The highest BCUT2D eigenvalue weighted by molar-refractivity contribution is 6.61. The van der Waals surface area contributed by atoms with Gasteiger partial charge in [-0.1, -0.05) is 0 Å². The van der Waals surface area contributed by atoms with E-state index < -0.39 is 23.9 Å². The number of rotatable bonds is 2. The first-order chi connectivity index (χ1) is 13.3. The number of piperazine rings is 1. The number of anilines is 1. The highest BCUT2D eigenvalue weighted by atomic mass is 16.7. The van der Waals surface area contributed by atoms with Gasteiger partial charge in [0.1, 0.15) is 5.60 Å². The van der Waals surface area contributed by atoms with Crippen molar-refractivity contribution in [1.82, 2.24) is 14.9 Å². The summed E-state index contributed by atoms with van der Waals surface area (Å²) < 4.78 is 17.6. The second-order valence-corrected chi connectivity index (χ2v) is 9.87. The maximum atomic E-state index is 12.3. The Bertz CT molecular complexity index is 732. The van der Waals surface area contributed by atoms with E-state index in [0.29, 0.717) is 25.6 Å². The maximum Gasteiger partial charge on any atom is 0.498 e. The van der Waals surface area contributed by atoms with Gasteiger partial charge in [-0.15, -0.1) is 0 Å². The van der Waals surface area contributed by atoms with Gasteiger partial charge < -0.3 is 23.8 Å². The topological polar surface area (TPSA) is 77.0 Å². The highest BCUT2D eigenvalue weighted by Crippen LogP contribution is 2.36. The lowest BCUT2D eigenvalue weighted by Gasteiger charge is -2.40. The summed E-state index contributed by atoms with van der Waals surface area (Å²) in [7, 11) is -0.476. The van der Waals surface area contributed by atoms with Gasteiger partial charge in [0.15, 0.2) is 0 Å². The fourth-order valence-corrected chi connectivity index (χ4v) is 3.33. The smallest absolute Gasteiger partial charge is 0.444 e. The molecule has 160 valence electrons. The molecule has 2 fully saturated rings. The molecule has 1 amide bonds. The number of carbonyl (C=O) groups is 1. The van der Waals surface area contributed by atoms with Crippen LogP contribution in [0.1, 0.15) is 55.4 Å². The van der Waals surface area contributed by atoms with Crippen molar-refractivity contribution < 1.29 is 18.8 Å². The monoisotopic (exact) mass is 404 g/mol. The van der Waals surface area contributed by atoms with Crippen LogP contribution in [0.15, 0.2) is 12.4 Å². The second kappa shape index (κ2) is 7.43. The van der Waals surface area contributed by atoms with Crippen LogP contribution in [0.2, 0.25) is 0 Å². The molecule has 0 unspecified atom stereocenters. The van der Waals surface area contributed by atoms with E-state index in [1.165, 1.54) is 0 Å². The van der Waals surface area contributed by atoms with Crippen LogP contribution < -0.4 is 10.4 Å². The Morgan fingerprint density at radius 2 is 1.69 bits per heavy atom. The largest absolute Gasteiger partial charge is 0.498 e. The van der Waals surface area contributed by atoms with E-state index in [9.17, 15) is 4.79 Å². The minimum absolute atomic E-state index is 0.0824. The lowest BCUT2D eigenvalue weighted by molar-refractivity contribution is 0.00578. The molecule has 2 aliphatic rings. The second-order valence-electron chi connectivity index (χ2n) is 9.87. The first-order valence-electron chi connectivity index (χ1n) is 10.2. The van der Waals surface area contributed by atoms with Gasteiger partial charge in [-0.3, -0.25) is 0 Å². The number of nitrogens with zero attached hydrogens (tertiary/aromatic N) is 4. The van der Waals surface area contributed by atoms with Crippen LogP contribution in [0, 0.1) is 0 Å². The van der Waals surface area contributed by atoms with E-state index in [1.54, 1.807) is 17.3 Å². The first-order valence-corrected chi connectivity index (χ1v) is 10.2. The minimum Gasteiger partial charge on any atom is -0.444 e. The lowest BCUT2D eigenvalue weighted by atomic mass is 9.81. The molecule has 2 aliphatic heterocycles. The van der Waals surface area contributed by atoms with Gasteiger partial charge in [-0.05, 0) is 55.4 Å². The van der Waals surface area contributed by atoms with Crippen molar-refractivity contribution in [3.63, 3.8) is 0 Å². The maximum absolute atomic E-state index is 12.3. The predicted octanol–water partition coefficient (Wildman–Crippen LogP) is 2.22. The SMILES string of the molecule is C[C@@H]1CN(C(=O)OC(C)(C)C)CCN1c1ncc(B2OC(C)(C)C(C)(C)O2)cn1. The number of hydrogen-bond donors (Lipinski definition) is 0. The molecule has 0 N–H and O–H groups in total. The van der Waals surface area contributed by atoms with Crippen molar-refractivity contribution in [1.29, 1.82) is 0 Å². The van der Waals surface area contributed by atoms with Gasteiger partial charge in [0.2, 0.25) is 5.95 Å². The van der Waals surface area contributed by atoms with Crippen molar-refractivity contribution in [2.24, 2.45) is 0 Å². The summed E-state index contributed by atoms with van der Waals surface area (Å²) >= 11 is 0. The molecule has 8 nitrogen and oxygen atoms in total. The van der Waals surface area contributed by atoms with Crippen LogP contribution in [0.4, 0.5) is 10.7 Å². The number of amides is 1. The van der Waals surface area contributed by atoms with Gasteiger partial charge in [0.05, 0.1) is 11.2 Å². The summed E-state index contributed by atoms with van der Waals surface area (Å²) in [6, 6.07) is 0.0824. The van der Waals surface area contributed by atoms with Crippen LogP contribution in [0.25, 0.3) is 0 Å². The number of ether oxygens (including phenoxy) is 1. The zero-order valence-electron chi connectivity index (χ0n) is 18.9. The third kappa shape index (κ3) is 4.66. The standard InChI is InChI=1S/C20H33BN4O4/c1-14-13-24(17(26)27-18(2,3)4)9-10-25(14)16-22-11-15(12-23-16)21-28-19(5,6)20(7,8)29-21/h11-12,14H,9-10,13H2,1-8H3/t14-/m1/s1. The van der Waals surface area contributed by atoms with E-state index in [4.69, 9.17) is 14.0 Å². The van der Waals surface area contributed by atoms with Gasteiger partial charge in [0, 0.05) is 43.5 Å². The summed E-state index contributed by atoms with van der Waals surface area (Å²) in [5, 5.41) is 0. The van der Waals surface area contributed by atoms with Gasteiger partial charge >= 0.3 is 13.2 Å². The Morgan fingerprint density at radius 3 is 2.17 bits per heavy atom. The van der Waals surface area contributed by atoms with Crippen molar-refractivity contribution in [2.45, 2.75) is 78.2 Å². The van der Waals surface area contributed by atoms with E-state index >= 15 is 0 Å². The van der Waals surface area contributed by atoms with Crippen LogP contribution in [-0.2, 0) is 14.0 Å². The molecule has 1 aromatic rings. The average Bonchev–Trinajstić information content (AvgIpc) is 2.81. The fraction of sp³-hybridized carbons (Fsp3) is 0.750. The van der Waals surface area contributed by atoms with Crippen molar-refractivity contribution >= 4 is 24.6 Å². The van der Waals surface area contributed by atoms with Crippen LogP contribution >= 0.6 is 0 Å². The van der Waals surface area contributed by atoms with Gasteiger partial charge in [-0.25, -0.2) is 14.8 Å². The van der Waals surface area contributed by atoms with Crippen LogP contribution in [-0.4, -0.2) is 70.6 Å². The van der Waals surface area contributed by atoms with E-state index in [2.05, 4.69) is 21.8 Å². The summed E-state index contributed by atoms with van der Waals surface area (Å²) in [6.45, 7) is 17.6. The number of hydrogen-bond acceptors (Lipinski definition) is 7. The normalized spacial score (nSPS) is 24.0. The summed E-state index contributed by atoms with van der Waals surface area (Å²) in [6.07, 6.45) is 3.25. The summed E-state index contributed by atoms with van der Waals surface area (Å²) in [5.74, 6) is 0.640. The van der Waals surface area contributed by atoms with Gasteiger partial charge in [0.25, 0.3) is 0 Å². The number of aromatic nitrogens is 2.